The Morgan fingerprint density at radius 3 is 2.39 bits per heavy atom. The van der Waals surface area contributed by atoms with Crippen LogP contribution in [0.25, 0.3) is 0 Å². The molecular weight excluding hydrogens is 337 g/mol. The van der Waals surface area contributed by atoms with Gasteiger partial charge in [0.1, 0.15) is 5.69 Å². The minimum absolute atomic E-state index is 0.0615. The van der Waals surface area contributed by atoms with Crippen LogP contribution in [0, 0.1) is 0 Å². The summed E-state index contributed by atoms with van der Waals surface area (Å²) in [5, 5.41) is 12.2. The van der Waals surface area contributed by atoms with E-state index in [1.807, 2.05) is 0 Å². The van der Waals surface area contributed by atoms with Gasteiger partial charge in [-0.15, -0.1) is 11.3 Å². The number of carboxylic acids is 1. The first-order valence-electron chi connectivity index (χ1n) is 6.12. The highest BCUT2D eigenvalue weighted by Crippen LogP contribution is 2.29. The van der Waals surface area contributed by atoms with Crippen molar-refractivity contribution in [2.75, 3.05) is 6.54 Å². The Hall–Kier alpha value is -2.56. The predicted molar refractivity (Wildman–Crippen MR) is 72.1 cm³/mol. The van der Waals surface area contributed by atoms with E-state index in [1.165, 1.54) is 0 Å². The van der Waals surface area contributed by atoms with E-state index < -0.39 is 23.7 Å². The molecule has 122 valence electrons. The lowest BCUT2D eigenvalue weighted by Gasteiger charge is -2.03. The molecule has 23 heavy (non-hydrogen) atoms. The van der Waals surface area contributed by atoms with E-state index in [0.717, 1.165) is 29.1 Å². The number of aromatic carboxylic acids is 1. The van der Waals surface area contributed by atoms with E-state index in [1.54, 1.807) is 0 Å². The lowest BCUT2D eigenvalue weighted by molar-refractivity contribution is -0.140. The van der Waals surface area contributed by atoms with E-state index in [9.17, 15) is 22.8 Å². The summed E-state index contributed by atoms with van der Waals surface area (Å²) >= 11 is 0.853. The summed E-state index contributed by atoms with van der Waals surface area (Å²) in [5.74, 6) is -1.88. The van der Waals surface area contributed by atoms with Crippen LogP contribution in [-0.2, 0) is 12.6 Å². The Morgan fingerprint density at radius 1 is 1.22 bits per heavy atom. The van der Waals surface area contributed by atoms with Gasteiger partial charge in [0.15, 0.2) is 11.4 Å². The summed E-state index contributed by atoms with van der Waals surface area (Å²) in [7, 11) is 0. The van der Waals surface area contributed by atoms with E-state index in [0.29, 0.717) is 0 Å². The smallest absolute Gasteiger partial charge is 0.434 e. The third-order valence-electron chi connectivity index (χ3n) is 2.57. The second-order valence-electron chi connectivity index (χ2n) is 4.22. The molecule has 0 radical (unpaired) electrons. The molecule has 1 amide bonds. The molecule has 0 aromatic carbocycles. The number of aromatic nitrogens is 3. The van der Waals surface area contributed by atoms with Crippen LogP contribution in [0.2, 0.25) is 0 Å². The monoisotopic (exact) mass is 346 g/mol. The quantitative estimate of drug-likeness (QED) is 0.852. The lowest BCUT2D eigenvalue weighted by Crippen LogP contribution is -2.27. The van der Waals surface area contributed by atoms with Crippen LogP contribution in [-0.4, -0.2) is 38.5 Å². The topological polar surface area (TPSA) is 105 Å². The number of carbonyl (C=O) groups is 2. The number of alkyl halides is 3. The van der Waals surface area contributed by atoms with Gasteiger partial charge in [0.2, 0.25) is 0 Å². The molecule has 2 rings (SSSR count). The molecule has 7 nitrogen and oxygen atoms in total. The fraction of sp³-hybridized carbons (Fsp3) is 0.250. The molecule has 0 spiro atoms. The second kappa shape index (κ2) is 6.69. The average molecular weight is 346 g/mol. The van der Waals surface area contributed by atoms with Crippen molar-refractivity contribution in [3.05, 3.63) is 39.9 Å². The van der Waals surface area contributed by atoms with Gasteiger partial charge in [-0.2, -0.15) is 13.2 Å². The van der Waals surface area contributed by atoms with Crippen molar-refractivity contribution < 1.29 is 27.9 Å². The van der Waals surface area contributed by atoms with E-state index in [-0.39, 0.29) is 29.4 Å². The van der Waals surface area contributed by atoms with Crippen molar-refractivity contribution in [3.8, 4) is 0 Å². The van der Waals surface area contributed by atoms with Crippen LogP contribution in [0.1, 0.15) is 31.7 Å². The number of nitrogens with one attached hydrogen (secondary N) is 1. The molecule has 2 heterocycles. The molecule has 2 aromatic heterocycles. The van der Waals surface area contributed by atoms with Gasteiger partial charge >= 0.3 is 12.1 Å². The van der Waals surface area contributed by atoms with Gasteiger partial charge in [-0.1, -0.05) is 0 Å². The average Bonchev–Trinajstić information content (AvgIpc) is 2.96. The van der Waals surface area contributed by atoms with Crippen molar-refractivity contribution in [2.24, 2.45) is 0 Å². The fourth-order valence-electron chi connectivity index (χ4n) is 1.49. The van der Waals surface area contributed by atoms with E-state index in [2.05, 4.69) is 20.3 Å². The number of hydrogen-bond acceptors (Lipinski definition) is 6. The van der Waals surface area contributed by atoms with Crippen molar-refractivity contribution >= 4 is 23.2 Å². The highest BCUT2D eigenvalue weighted by atomic mass is 32.1. The highest BCUT2D eigenvalue weighted by molar-refractivity contribution is 7.09. The molecule has 2 N–H and O–H groups in total. The Kier molecular flexibility index (Phi) is 4.89. The molecule has 0 aliphatic heterocycles. The largest absolute Gasteiger partial charge is 0.476 e. The van der Waals surface area contributed by atoms with Gasteiger partial charge in [-0.05, 0) is 0 Å². The minimum Gasteiger partial charge on any atom is -0.476 e. The number of nitrogens with zero attached hydrogens (tertiary/aromatic N) is 3. The molecule has 2 aromatic rings. The van der Waals surface area contributed by atoms with Crippen LogP contribution in [0.15, 0.2) is 17.8 Å². The molecule has 0 fully saturated rings. The van der Waals surface area contributed by atoms with Gasteiger partial charge in [-0.25, -0.2) is 19.7 Å². The third-order valence-corrected chi connectivity index (χ3v) is 3.48. The van der Waals surface area contributed by atoms with Crippen LogP contribution >= 0.6 is 11.3 Å². The van der Waals surface area contributed by atoms with Crippen LogP contribution in [0.5, 0.6) is 0 Å². The van der Waals surface area contributed by atoms with E-state index >= 15 is 0 Å². The van der Waals surface area contributed by atoms with Crippen molar-refractivity contribution in [3.63, 3.8) is 0 Å². The molecule has 0 bridgehead atoms. The zero-order valence-corrected chi connectivity index (χ0v) is 12.1. The molecule has 0 aliphatic rings. The maximum absolute atomic E-state index is 12.4. The van der Waals surface area contributed by atoms with Crippen molar-refractivity contribution in [2.45, 2.75) is 12.6 Å². The molecule has 0 unspecified atom stereocenters. The third kappa shape index (κ3) is 4.45. The maximum Gasteiger partial charge on any atom is 0.434 e. The first-order valence-corrected chi connectivity index (χ1v) is 7.00. The van der Waals surface area contributed by atoms with Crippen LogP contribution in [0.4, 0.5) is 13.2 Å². The number of thiazole rings is 1. The SMILES string of the molecule is O=C(O)c1cnc(C(=O)NCCc2nc(C(F)(F)F)cs2)cn1. The maximum atomic E-state index is 12.4. The molecular formula is C12H9F3N4O3S. The lowest BCUT2D eigenvalue weighted by atomic mass is 10.3. The Morgan fingerprint density at radius 2 is 1.87 bits per heavy atom. The zero-order chi connectivity index (χ0) is 17.0. The number of hydrogen-bond donors (Lipinski definition) is 2. The predicted octanol–water partition coefficient (Wildman–Crippen LogP) is 1.62. The number of rotatable bonds is 5. The van der Waals surface area contributed by atoms with Crippen molar-refractivity contribution in [1.29, 1.82) is 0 Å². The normalized spacial score (nSPS) is 11.3. The number of halogens is 3. The van der Waals surface area contributed by atoms with Gasteiger partial charge in [-0.3, -0.25) is 4.79 Å². The van der Waals surface area contributed by atoms with Gasteiger partial charge in [0.05, 0.1) is 17.4 Å². The summed E-state index contributed by atoms with van der Waals surface area (Å²) in [4.78, 5) is 32.9. The Bertz CT molecular complexity index is 715. The first-order chi connectivity index (χ1) is 10.8. The Labute approximate surface area is 131 Å². The molecule has 0 saturated heterocycles. The minimum atomic E-state index is -4.49. The summed E-state index contributed by atoms with van der Waals surface area (Å²) in [5.41, 5.74) is -1.35. The number of carbonyl (C=O) groups excluding carboxylic acids is 1. The van der Waals surface area contributed by atoms with Gasteiger partial charge in [0, 0.05) is 18.3 Å². The highest BCUT2D eigenvalue weighted by Gasteiger charge is 2.33. The first kappa shape index (κ1) is 16.8. The van der Waals surface area contributed by atoms with Crippen LogP contribution < -0.4 is 5.32 Å². The second-order valence-corrected chi connectivity index (χ2v) is 5.16. The molecule has 0 saturated carbocycles. The van der Waals surface area contributed by atoms with Crippen molar-refractivity contribution in [1.82, 2.24) is 20.3 Å². The zero-order valence-electron chi connectivity index (χ0n) is 11.3. The Balaban J connectivity index is 1.87. The molecule has 11 heteroatoms. The van der Waals surface area contributed by atoms with Crippen LogP contribution in [0.3, 0.4) is 0 Å². The summed E-state index contributed by atoms with van der Waals surface area (Å²) in [6.07, 6.45) is -2.41. The van der Waals surface area contributed by atoms with E-state index in [4.69, 9.17) is 5.11 Å². The standard InChI is InChI=1S/C12H9F3N4O3S/c13-12(14,15)8-5-23-9(19-8)1-2-16-10(20)6-3-18-7(4-17-6)11(21)22/h3-5H,1-2H2,(H,16,20)(H,21,22). The van der Waals surface area contributed by atoms with Gasteiger partial charge in [0.25, 0.3) is 5.91 Å². The fourth-order valence-corrected chi connectivity index (χ4v) is 2.29. The van der Waals surface area contributed by atoms with Gasteiger partial charge < -0.3 is 10.4 Å². The molecule has 0 aliphatic carbocycles. The summed E-state index contributed by atoms with van der Waals surface area (Å²) in [6, 6.07) is 0. The summed E-state index contributed by atoms with van der Waals surface area (Å²) in [6.45, 7) is 0.0615. The number of carboxylic acid groups (broad SMARTS) is 1. The molecule has 0 atom stereocenters. The summed E-state index contributed by atoms with van der Waals surface area (Å²) < 4.78 is 37.1. The number of amides is 1.